The van der Waals surface area contributed by atoms with Crippen molar-refractivity contribution in [1.29, 1.82) is 0 Å². The first-order valence-corrected chi connectivity index (χ1v) is 5.26. The van der Waals surface area contributed by atoms with Crippen LogP contribution in [0.25, 0.3) is 0 Å². The molecule has 0 bridgehead atoms. The van der Waals surface area contributed by atoms with E-state index in [4.69, 9.17) is 0 Å². The van der Waals surface area contributed by atoms with Gasteiger partial charge in [-0.3, -0.25) is 4.79 Å². The van der Waals surface area contributed by atoms with Gasteiger partial charge in [-0.25, -0.2) is 0 Å². The summed E-state index contributed by atoms with van der Waals surface area (Å²) in [5.74, 6) is -1.77. The second-order valence-corrected chi connectivity index (χ2v) is 3.47. The number of ketones is 1. The molecule has 0 aliphatic carbocycles. The average molecular weight is 222 g/mol. The summed E-state index contributed by atoms with van der Waals surface area (Å²) in [6.07, 6.45) is 3.02. The number of carbonyl (C=O) groups excluding carboxylic acids is 1. The number of halogens is 3. The van der Waals surface area contributed by atoms with Gasteiger partial charge in [0.2, 0.25) is 0 Å². The Kier molecular flexibility index (Phi) is 7.09. The highest BCUT2D eigenvalue weighted by Gasteiger charge is 2.35. The van der Waals surface area contributed by atoms with E-state index in [2.05, 4.69) is 6.92 Å². The van der Waals surface area contributed by atoms with Gasteiger partial charge in [0.15, 0.2) is 0 Å². The van der Waals surface area contributed by atoms with Crippen LogP contribution < -0.4 is 0 Å². The number of hydrogen-bond donors (Lipinski definition) is 0. The Morgan fingerprint density at radius 2 is 1.73 bits per heavy atom. The summed E-state index contributed by atoms with van der Waals surface area (Å²) in [5, 5.41) is 0. The van der Waals surface area contributed by atoms with Crippen molar-refractivity contribution in [2.24, 2.45) is 0 Å². The highest BCUT2D eigenvalue weighted by Crippen LogP contribution is 2.16. The lowest BCUT2D eigenvalue weighted by Crippen LogP contribution is -2.19. The molecule has 0 radical (unpaired) electrons. The Labute approximate surface area is 88.4 Å². The van der Waals surface area contributed by atoms with E-state index >= 15 is 0 Å². The molecule has 0 aromatic carbocycles. The van der Waals surface area contributed by atoms with Crippen molar-refractivity contribution in [1.82, 2.24) is 0 Å². The van der Waals surface area contributed by atoms with Gasteiger partial charge in [-0.2, -0.15) is 13.2 Å². The monoisotopic (exact) mass is 222 g/mol. The van der Waals surface area contributed by atoms with Crippen LogP contribution in [0.2, 0.25) is 0 Å². The van der Waals surface area contributed by atoms with Crippen LogP contribution in [0.15, 0.2) is 12.2 Å². The molecule has 0 aliphatic heterocycles. The van der Waals surface area contributed by atoms with E-state index in [0.29, 0.717) is 12.5 Å². The Balaban J connectivity index is 3.51. The van der Waals surface area contributed by atoms with E-state index in [1.165, 1.54) is 6.08 Å². The SMILES string of the molecule is CCCCCCC/C=C/C(=O)C(F)(F)F. The first kappa shape index (κ1) is 14.2. The predicted molar refractivity (Wildman–Crippen MR) is 53.6 cm³/mol. The molecular weight excluding hydrogens is 205 g/mol. The molecule has 0 amide bonds. The summed E-state index contributed by atoms with van der Waals surface area (Å²) in [6.45, 7) is 2.10. The summed E-state index contributed by atoms with van der Waals surface area (Å²) in [7, 11) is 0. The molecule has 15 heavy (non-hydrogen) atoms. The van der Waals surface area contributed by atoms with Crippen LogP contribution in [0.1, 0.15) is 45.4 Å². The topological polar surface area (TPSA) is 17.1 Å². The first-order chi connectivity index (χ1) is 6.98. The lowest BCUT2D eigenvalue weighted by Gasteiger charge is -1.99. The zero-order valence-corrected chi connectivity index (χ0v) is 8.94. The van der Waals surface area contributed by atoms with Gasteiger partial charge in [-0.15, -0.1) is 0 Å². The lowest BCUT2D eigenvalue weighted by molar-refractivity contribution is -0.165. The van der Waals surface area contributed by atoms with E-state index in [-0.39, 0.29) is 0 Å². The fourth-order valence-corrected chi connectivity index (χ4v) is 1.15. The molecule has 0 atom stereocenters. The molecule has 1 nitrogen and oxygen atoms in total. The minimum atomic E-state index is -4.72. The van der Waals surface area contributed by atoms with Gasteiger partial charge in [0.1, 0.15) is 0 Å². The smallest absolute Gasteiger partial charge is 0.285 e. The quantitative estimate of drug-likeness (QED) is 0.469. The maximum atomic E-state index is 11.7. The average Bonchev–Trinajstić information content (AvgIpc) is 2.14. The molecule has 0 saturated heterocycles. The largest absolute Gasteiger partial charge is 0.454 e. The highest BCUT2D eigenvalue weighted by molar-refractivity contribution is 5.94. The summed E-state index contributed by atoms with van der Waals surface area (Å²) in [5.41, 5.74) is 0. The Bertz CT molecular complexity index is 206. The molecular formula is C11H17F3O. The van der Waals surface area contributed by atoms with Crippen LogP contribution in [-0.4, -0.2) is 12.0 Å². The first-order valence-electron chi connectivity index (χ1n) is 5.26. The second kappa shape index (κ2) is 7.49. The molecule has 0 fully saturated rings. The zero-order chi connectivity index (χ0) is 11.7. The number of rotatable bonds is 7. The number of unbranched alkanes of at least 4 members (excludes halogenated alkanes) is 5. The van der Waals surface area contributed by atoms with E-state index in [1.54, 1.807) is 0 Å². The van der Waals surface area contributed by atoms with Crippen molar-refractivity contribution in [2.45, 2.75) is 51.6 Å². The molecule has 4 heteroatoms. The minimum Gasteiger partial charge on any atom is -0.285 e. The normalized spacial score (nSPS) is 12.3. The van der Waals surface area contributed by atoms with Gasteiger partial charge in [0.05, 0.1) is 0 Å². The van der Waals surface area contributed by atoms with Gasteiger partial charge in [0, 0.05) is 0 Å². The van der Waals surface area contributed by atoms with Crippen LogP contribution in [-0.2, 0) is 4.79 Å². The molecule has 0 aliphatic rings. The standard InChI is InChI=1S/C11H17F3O/c1-2-3-4-5-6-7-8-9-10(15)11(12,13)14/h8-9H,2-7H2,1H3/b9-8+. The highest BCUT2D eigenvalue weighted by atomic mass is 19.4. The van der Waals surface area contributed by atoms with Crippen molar-refractivity contribution in [2.75, 3.05) is 0 Å². The van der Waals surface area contributed by atoms with Crippen molar-refractivity contribution in [3.8, 4) is 0 Å². The van der Waals surface area contributed by atoms with E-state index in [1.807, 2.05) is 0 Å². The third-order valence-corrected chi connectivity index (χ3v) is 2.02. The maximum absolute atomic E-state index is 11.7. The molecule has 0 aromatic heterocycles. The third-order valence-electron chi connectivity index (χ3n) is 2.02. The molecule has 0 N–H and O–H groups in total. The third kappa shape index (κ3) is 8.21. The minimum absolute atomic E-state index is 0.547. The van der Waals surface area contributed by atoms with Crippen LogP contribution in [0, 0.1) is 0 Å². The summed E-state index contributed by atoms with van der Waals surface area (Å²) in [6, 6.07) is 0. The fourth-order valence-electron chi connectivity index (χ4n) is 1.15. The molecule has 0 rings (SSSR count). The van der Waals surface area contributed by atoms with E-state index in [9.17, 15) is 18.0 Å². The summed E-state index contributed by atoms with van der Waals surface area (Å²) < 4.78 is 35.2. The van der Waals surface area contributed by atoms with Gasteiger partial charge in [0.25, 0.3) is 5.78 Å². The van der Waals surface area contributed by atoms with Gasteiger partial charge in [-0.1, -0.05) is 38.7 Å². The summed E-state index contributed by atoms with van der Waals surface area (Å²) in [4.78, 5) is 10.4. The lowest BCUT2D eigenvalue weighted by atomic mass is 10.1. The molecule has 88 valence electrons. The van der Waals surface area contributed by atoms with Crippen molar-refractivity contribution >= 4 is 5.78 Å². The molecule has 0 spiro atoms. The molecule has 0 aromatic rings. The number of allylic oxidation sites excluding steroid dienone is 2. The maximum Gasteiger partial charge on any atom is 0.454 e. The number of alkyl halides is 3. The van der Waals surface area contributed by atoms with Crippen LogP contribution in [0.4, 0.5) is 13.2 Å². The van der Waals surface area contributed by atoms with Crippen LogP contribution in [0.3, 0.4) is 0 Å². The van der Waals surface area contributed by atoms with Crippen molar-refractivity contribution in [3.05, 3.63) is 12.2 Å². The van der Waals surface area contributed by atoms with Crippen molar-refractivity contribution in [3.63, 3.8) is 0 Å². The van der Waals surface area contributed by atoms with Gasteiger partial charge >= 0.3 is 6.18 Å². The van der Waals surface area contributed by atoms with Crippen LogP contribution >= 0.6 is 0 Å². The van der Waals surface area contributed by atoms with Crippen molar-refractivity contribution < 1.29 is 18.0 Å². The zero-order valence-electron chi connectivity index (χ0n) is 8.94. The fraction of sp³-hybridized carbons (Fsp3) is 0.727. The molecule has 0 heterocycles. The van der Waals surface area contributed by atoms with Crippen LogP contribution in [0.5, 0.6) is 0 Å². The number of hydrogen-bond acceptors (Lipinski definition) is 1. The number of carbonyl (C=O) groups is 1. The molecule has 0 saturated carbocycles. The Hall–Kier alpha value is -0.800. The Morgan fingerprint density at radius 3 is 2.27 bits per heavy atom. The van der Waals surface area contributed by atoms with Gasteiger partial charge in [-0.05, 0) is 18.9 Å². The van der Waals surface area contributed by atoms with Gasteiger partial charge < -0.3 is 0 Å². The Morgan fingerprint density at radius 1 is 1.13 bits per heavy atom. The second-order valence-electron chi connectivity index (χ2n) is 3.47. The van der Waals surface area contributed by atoms with E-state index in [0.717, 1.165) is 32.1 Å². The summed E-state index contributed by atoms with van der Waals surface area (Å²) >= 11 is 0. The molecule has 0 unspecified atom stereocenters. The van der Waals surface area contributed by atoms with E-state index < -0.39 is 12.0 Å². The predicted octanol–water partition coefficient (Wildman–Crippen LogP) is 4.03.